The van der Waals surface area contributed by atoms with Gasteiger partial charge in [-0.2, -0.15) is 5.21 Å². The number of rotatable bonds is 4. The predicted octanol–water partition coefficient (Wildman–Crippen LogP) is 1.39. The molecular formula is C12H21N5. The Morgan fingerprint density at radius 3 is 2.76 bits per heavy atom. The minimum absolute atomic E-state index is 0.0461. The number of nitrogens with one attached hydrogen (secondary N) is 1. The Bertz CT molecular complexity index is 357. The van der Waals surface area contributed by atoms with Crippen molar-refractivity contribution in [2.75, 3.05) is 6.54 Å². The van der Waals surface area contributed by atoms with Crippen molar-refractivity contribution >= 4 is 0 Å². The third kappa shape index (κ3) is 1.97. The zero-order chi connectivity index (χ0) is 11.7. The first kappa shape index (κ1) is 11.1. The van der Waals surface area contributed by atoms with Crippen LogP contribution in [0.15, 0.2) is 0 Å². The molecule has 2 fully saturated rings. The standard InChI is InChI=1S/C12H21N5/c13-8-12(11-14-16-17-15-11)7-10(12)6-9-4-2-1-3-5-9/h9-10H,1-8,13H2,(H,14,15,16,17). The highest BCUT2D eigenvalue weighted by atomic mass is 15.5. The van der Waals surface area contributed by atoms with Crippen LogP contribution in [0.25, 0.3) is 0 Å². The molecule has 1 aromatic heterocycles. The van der Waals surface area contributed by atoms with E-state index in [4.69, 9.17) is 5.73 Å². The van der Waals surface area contributed by atoms with E-state index in [-0.39, 0.29) is 5.41 Å². The van der Waals surface area contributed by atoms with Gasteiger partial charge in [0.05, 0.1) is 0 Å². The summed E-state index contributed by atoms with van der Waals surface area (Å²) in [6.45, 7) is 0.657. The van der Waals surface area contributed by atoms with Crippen molar-refractivity contribution in [2.24, 2.45) is 17.6 Å². The summed E-state index contributed by atoms with van der Waals surface area (Å²) in [5.41, 5.74) is 5.98. The molecule has 3 rings (SSSR count). The fourth-order valence-corrected chi connectivity index (χ4v) is 3.50. The number of hydrogen-bond acceptors (Lipinski definition) is 4. The summed E-state index contributed by atoms with van der Waals surface area (Å²) in [7, 11) is 0. The van der Waals surface area contributed by atoms with Crippen molar-refractivity contribution < 1.29 is 0 Å². The molecule has 0 aromatic carbocycles. The van der Waals surface area contributed by atoms with Crippen molar-refractivity contribution in [3.63, 3.8) is 0 Å². The van der Waals surface area contributed by atoms with Gasteiger partial charge >= 0.3 is 0 Å². The summed E-state index contributed by atoms with van der Waals surface area (Å²) in [4.78, 5) is 0. The molecule has 5 heteroatoms. The van der Waals surface area contributed by atoms with Crippen LogP contribution in [-0.2, 0) is 5.41 Å². The van der Waals surface area contributed by atoms with Gasteiger partial charge in [-0.05, 0) is 24.7 Å². The zero-order valence-electron chi connectivity index (χ0n) is 10.2. The summed E-state index contributed by atoms with van der Waals surface area (Å²) in [5.74, 6) is 2.43. The summed E-state index contributed by atoms with van der Waals surface area (Å²) in [5, 5.41) is 14.5. The summed E-state index contributed by atoms with van der Waals surface area (Å²) < 4.78 is 0. The van der Waals surface area contributed by atoms with Crippen molar-refractivity contribution in [3.8, 4) is 0 Å². The average Bonchev–Trinajstić information content (AvgIpc) is 2.83. The van der Waals surface area contributed by atoms with Gasteiger partial charge in [0.25, 0.3) is 0 Å². The number of aromatic amines is 1. The van der Waals surface area contributed by atoms with Crippen LogP contribution in [0.3, 0.4) is 0 Å². The monoisotopic (exact) mass is 235 g/mol. The highest BCUT2D eigenvalue weighted by Crippen LogP contribution is 2.56. The summed E-state index contributed by atoms with van der Waals surface area (Å²) in [6, 6.07) is 0. The van der Waals surface area contributed by atoms with Gasteiger partial charge < -0.3 is 5.73 Å². The van der Waals surface area contributed by atoms with Crippen molar-refractivity contribution in [1.82, 2.24) is 20.6 Å². The van der Waals surface area contributed by atoms with Crippen molar-refractivity contribution in [2.45, 2.75) is 50.4 Å². The number of nitrogens with zero attached hydrogens (tertiary/aromatic N) is 3. The lowest BCUT2D eigenvalue weighted by Gasteiger charge is -2.22. The highest BCUT2D eigenvalue weighted by Gasteiger charge is 2.57. The molecule has 0 bridgehead atoms. The SMILES string of the molecule is NCC1(c2nn[nH]n2)CC1CC1CCCCC1. The van der Waals surface area contributed by atoms with Gasteiger partial charge in [0.15, 0.2) is 5.82 Å². The van der Waals surface area contributed by atoms with E-state index in [0.29, 0.717) is 12.5 Å². The number of aromatic nitrogens is 4. The minimum atomic E-state index is 0.0461. The second kappa shape index (κ2) is 4.37. The minimum Gasteiger partial charge on any atom is -0.329 e. The van der Waals surface area contributed by atoms with E-state index in [1.54, 1.807) is 0 Å². The first-order valence-corrected chi connectivity index (χ1v) is 6.79. The molecule has 94 valence electrons. The van der Waals surface area contributed by atoms with Crippen molar-refractivity contribution in [3.05, 3.63) is 5.82 Å². The van der Waals surface area contributed by atoms with Crippen LogP contribution in [-0.4, -0.2) is 27.2 Å². The molecule has 17 heavy (non-hydrogen) atoms. The quantitative estimate of drug-likeness (QED) is 0.826. The molecule has 0 aliphatic heterocycles. The van der Waals surface area contributed by atoms with Gasteiger partial charge in [-0.15, -0.1) is 10.2 Å². The molecule has 0 saturated heterocycles. The molecule has 1 heterocycles. The number of tetrazole rings is 1. The van der Waals surface area contributed by atoms with Gasteiger partial charge in [-0.3, -0.25) is 0 Å². The first-order valence-electron chi connectivity index (χ1n) is 6.79. The second-order valence-electron chi connectivity index (χ2n) is 5.74. The van der Waals surface area contributed by atoms with E-state index in [0.717, 1.165) is 18.2 Å². The number of nitrogens with two attached hydrogens (primary N) is 1. The van der Waals surface area contributed by atoms with E-state index in [2.05, 4.69) is 20.6 Å². The Labute approximate surface area is 102 Å². The molecule has 2 aliphatic carbocycles. The van der Waals surface area contributed by atoms with Gasteiger partial charge in [0.1, 0.15) is 0 Å². The maximum absolute atomic E-state index is 5.93. The average molecular weight is 235 g/mol. The Morgan fingerprint density at radius 1 is 1.29 bits per heavy atom. The molecule has 2 unspecified atom stereocenters. The van der Waals surface area contributed by atoms with Crippen LogP contribution >= 0.6 is 0 Å². The second-order valence-corrected chi connectivity index (χ2v) is 5.74. The lowest BCUT2D eigenvalue weighted by Crippen LogP contribution is -2.25. The topological polar surface area (TPSA) is 80.5 Å². The summed E-state index contributed by atoms with van der Waals surface area (Å²) >= 11 is 0. The van der Waals surface area contributed by atoms with E-state index in [9.17, 15) is 0 Å². The molecule has 0 spiro atoms. The molecule has 0 amide bonds. The maximum Gasteiger partial charge on any atom is 0.182 e. The largest absolute Gasteiger partial charge is 0.329 e. The van der Waals surface area contributed by atoms with Crippen molar-refractivity contribution in [1.29, 1.82) is 0 Å². The predicted molar refractivity (Wildman–Crippen MR) is 64.2 cm³/mol. The van der Waals surface area contributed by atoms with E-state index in [1.807, 2.05) is 0 Å². The normalized spacial score (nSPS) is 33.8. The summed E-state index contributed by atoms with van der Waals surface area (Å²) in [6.07, 6.45) is 9.52. The Kier molecular flexibility index (Phi) is 2.86. The van der Waals surface area contributed by atoms with Crippen LogP contribution < -0.4 is 5.73 Å². The number of hydrogen-bond donors (Lipinski definition) is 2. The molecule has 1 aromatic rings. The molecule has 2 atom stereocenters. The Balaban J connectivity index is 1.63. The third-order valence-corrected chi connectivity index (χ3v) is 4.73. The third-order valence-electron chi connectivity index (χ3n) is 4.73. The maximum atomic E-state index is 5.93. The zero-order valence-corrected chi connectivity index (χ0v) is 10.2. The Morgan fingerprint density at radius 2 is 2.12 bits per heavy atom. The molecule has 3 N–H and O–H groups in total. The van der Waals surface area contributed by atoms with Crippen LogP contribution in [0.4, 0.5) is 0 Å². The molecular weight excluding hydrogens is 214 g/mol. The molecule has 0 radical (unpaired) electrons. The molecule has 2 aliphatic rings. The molecule has 5 nitrogen and oxygen atoms in total. The van der Waals surface area contributed by atoms with Gasteiger partial charge in [-0.1, -0.05) is 37.3 Å². The lowest BCUT2D eigenvalue weighted by molar-refractivity contribution is 0.314. The van der Waals surface area contributed by atoms with E-state index < -0.39 is 0 Å². The Hall–Kier alpha value is -0.970. The van der Waals surface area contributed by atoms with Gasteiger partial charge in [0.2, 0.25) is 0 Å². The smallest absolute Gasteiger partial charge is 0.182 e. The molecule has 2 saturated carbocycles. The van der Waals surface area contributed by atoms with E-state index in [1.165, 1.54) is 38.5 Å². The first-order chi connectivity index (χ1) is 8.35. The van der Waals surface area contributed by atoms with Crippen LogP contribution in [0, 0.1) is 11.8 Å². The van der Waals surface area contributed by atoms with Gasteiger partial charge in [0, 0.05) is 12.0 Å². The van der Waals surface area contributed by atoms with Gasteiger partial charge in [-0.25, -0.2) is 0 Å². The lowest BCUT2D eigenvalue weighted by atomic mass is 9.84. The highest BCUT2D eigenvalue weighted by molar-refractivity contribution is 5.21. The fraction of sp³-hybridized carbons (Fsp3) is 0.917. The fourth-order valence-electron chi connectivity index (χ4n) is 3.50. The van der Waals surface area contributed by atoms with Crippen LogP contribution in [0.2, 0.25) is 0 Å². The number of H-pyrrole nitrogens is 1. The van der Waals surface area contributed by atoms with Crippen LogP contribution in [0.1, 0.15) is 50.8 Å². The van der Waals surface area contributed by atoms with E-state index >= 15 is 0 Å². The van der Waals surface area contributed by atoms with Crippen LogP contribution in [0.5, 0.6) is 0 Å².